The summed E-state index contributed by atoms with van der Waals surface area (Å²) in [5.74, 6) is 0.717. The Kier molecular flexibility index (Phi) is 4.33. The maximum Gasteiger partial charge on any atom is 0.0622 e. The SMILES string of the molecule is CC(C)N(CCCl)C1CCOC1. The third-order valence-electron chi connectivity index (χ3n) is 2.38. The number of halogens is 1. The van der Waals surface area contributed by atoms with Gasteiger partial charge in [0.05, 0.1) is 6.61 Å². The second-order valence-electron chi connectivity index (χ2n) is 3.54. The number of rotatable bonds is 4. The van der Waals surface area contributed by atoms with Crippen molar-refractivity contribution in [2.75, 3.05) is 25.6 Å². The van der Waals surface area contributed by atoms with Gasteiger partial charge in [-0.25, -0.2) is 0 Å². The molecule has 1 rings (SSSR count). The van der Waals surface area contributed by atoms with Gasteiger partial charge in [-0.15, -0.1) is 11.6 Å². The van der Waals surface area contributed by atoms with Gasteiger partial charge < -0.3 is 4.74 Å². The zero-order valence-electron chi connectivity index (χ0n) is 7.92. The predicted octanol–water partition coefficient (Wildman–Crippen LogP) is 1.72. The summed E-state index contributed by atoms with van der Waals surface area (Å²) in [6, 6.07) is 1.18. The van der Waals surface area contributed by atoms with Crippen molar-refractivity contribution in [1.82, 2.24) is 4.90 Å². The maximum atomic E-state index is 5.74. The molecule has 1 fully saturated rings. The molecule has 12 heavy (non-hydrogen) atoms. The van der Waals surface area contributed by atoms with E-state index in [4.69, 9.17) is 16.3 Å². The molecular weight excluding hydrogens is 174 g/mol. The van der Waals surface area contributed by atoms with Crippen LogP contribution in [0.2, 0.25) is 0 Å². The van der Waals surface area contributed by atoms with Crippen LogP contribution in [0.15, 0.2) is 0 Å². The van der Waals surface area contributed by atoms with Crippen LogP contribution in [0.3, 0.4) is 0 Å². The molecule has 0 N–H and O–H groups in total. The Balaban J connectivity index is 2.40. The molecule has 1 saturated heterocycles. The monoisotopic (exact) mass is 191 g/mol. The van der Waals surface area contributed by atoms with Crippen molar-refractivity contribution in [3.05, 3.63) is 0 Å². The molecule has 1 atom stereocenters. The first-order valence-corrected chi connectivity index (χ1v) is 5.18. The molecule has 0 aromatic rings. The summed E-state index contributed by atoms with van der Waals surface area (Å²) in [5, 5.41) is 0. The Bertz CT molecular complexity index is 124. The van der Waals surface area contributed by atoms with Gasteiger partial charge in [0, 0.05) is 31.1 Å². The van der Waals surface area contributed by atoms with E-state index >= 15 is 0 Å². The molecule has 0 aromatic heterocycles. The first kappa shape index (κ1) is 10.3. The molecular formula is C9H18ClNO. The fourth-order valence-corrected chi connectivity index (χ4v) is 1.94. The van der Waals surface area contributed by atoms with Crippen molar-refractivity contribution in [3.8, 4) is 0 Å². The van der Waals surface area contributed by atoms with Gasteiger partial charge in [0.2, 0.25) is 0 Å². The summed E-state index contributed by atoms with van der Waals surface area (Å²) in [5.41, 5.74) is 0. The lowest BCUT2D eigenvalue weighted by molar-refractivity contribution is 0.126. The van der Waals surface area contributed by atoms with Gasteiger partial charge in [-0.2, -0.15) is 0 Å². The Morgan fingerprint density at radius 2 is 2.33 bits per heavy atom. The Labute approximate surface area is 79.8 Å². The van der Waals surface area contributed by atoms with Crippen LogP contribution in [0.1, 0.15) is 20.3 Å². The number of hydrogen-bond donors (Lipinski definition) is 0. The minimum Gasteiger partial charge on any atom is -0.380 e. The van der Waals surface area contributed by atoms with E-state index in [-0.39, 0.29) is 0 Å². The van der Waals surface area contributed by atoms with Gasteiger partial charge in [-0.3, -0.25) is 4.90 Å². The van der Waals surface area contributed by atoms with E-state index in [0.29, 0.717) is 18.0 Å². The van der Waals surface area contributed by atoms with Gasteiger partial charge in [-0.1, -0.05) is 0 Å². The van der Waals surface area contributed by atoms with Crippen molar-refractivity contribution >= 4 is 11.6 Å². The quantitative estimate of drug-likeness (QED) is 0.628. The van der Waals surface area contributed by atoms with Gasteiger partial charge in [0.25, 0.3) is 0 Å². The van der Waals surface area contributed by atoms with E-state index in [2.05, 4.69) is 18.7 Å². The first-order chi connectivity index (χ1) is 5.75. The van der Waals surface area contributed by atoms with Crippen LogP contribution in [0.4, 0.5) is 0 Å². The lowest BCUT2D eigenvalue weighted by Gasteiger charge is -2.30. The normalized spacial score (nSPS) is 24.2. The van der Waals surface area contributed by atoms with Crippen molar-refractivity contribution < 1.29 is 4.74 Å². The maximum absolute atomic E-state index is 5.74. The summed E-state index contributed by atoms with van der Waals surface area (Å²) < 4.78 is 5.35. The molecule has 1 aliphatic rings. The van der Waals surface area contributed by atoms with Crippen LogP contribution in [0.25, 0.3) is 0 Å². The standard InChI is InChI=1S/C9H18ClNO/c1-8(2)11(5-4-10)9-3-6-12-7-9/h8-9H,3-7H2,1-2H3. The van der Waals surface area contributed by atoms with E-state index in [1.54, 1.807) is 0 Å². The van der Waals surface area contributed by atoms with Crippen LogP contribution >= 0.6 is 11.6 Å². The molecule has 1 unspecified atom stereocenters. The van der Waals surface area contributed by atoms with E-state index in [1.807, 2.05) is 0 Å². The predicted molar refractivity (Wildman–Crippen MR) is 51.8 cm³/mol. The Morgan fingerprint density at radius 3 is 2.75 bits per heavy atom. The van der Waals surface area contributed by atoms with Crippen molar-refractivity contribution in [2.45, 2.75) is 32.4 Å². The highest BCUT2D eigenvalue weighted by Gasteiger charge is 2.24. The number of alkyl halides is 1. The molecule has 0 radical (unpaired) electrons. The lowest BCUT2D eigenvalue weighted by Crippen LogP contribution is -2.42. The van der Waals surface area contributed by atoms with E-state index < -0.39 is 0 Å². The molecule has 0 aliphatic carbocycles. The molecule has 0 bridgehead atoms. The molecule has 72 valence electrons. The van der Waals surface area contributed by atoms with Crippen molar-refractivity contribution in [3.63, 3.8) is 0 Å². The highest BCUT2D eigenvalue weighted by atomic mass is 35.5. The third-order valence-corrected chi connectivity index (χ3v) is 2.55. The molecule has 1 heterocycles. The minimum absolute atomic E-state index is 0.579. The summed E-state index contributed by atoms with van der Waals surface area (Å²) in [7, 11) is 0. The fraction of sp³-hybridized carbons (Fsp3) is 1.00. The van der Waals surface area contributed by atoms with Crippen LogP contribution in [-0.4, -0.2) is 42.6 Å². The summed E-state index contributed by atoms with van der Waals surface area (Å²) in [6.07, 6.45) is 1.16. The van der Waals surface area contributed by atoms with Crippen LogP contribution in [0.5, 0.6) is 0 Å². The first-order valence-electron chi connectivity index (χ1n) is 4.65. The van der Waals surface area contributed by atoms with Crippen molar-refractivity contribution in [2.24, 2.45) is 0 Å². The lowest BCUT2D eigenvalue weighted by atomic mass is 10.2. The number of hydrogen-bond acceptors (Lipinski definition) is 2. The summed E-state index contributed by atoms with van der Waals surface area (Å²) in [6.45, 7) is 7.20. The van der Waals surface area contributed by atoms with Crippen molar-refractivity contribution in [1.29, 1.82) is 0 Å². The number of nitrogens with zero attached hydrogens (tertiary/aromatic N) is 1. The Hall–Kier alpha value is 0.210. The average molecular weight is 192 g/mol. The molecule has 3 heteroatoms. The van der Waals surface area contributed by atoms with Crippen LogP contribution < -0.4 is 0 Å². The van der Waals surface area contributed by atoms with E-state index in [0.717, 1.165) is 26.2 Å². The summed E-state index contributed by atoms with van der Waals surface area (Å²) >= 11 is 5.74. The molecule has 1 aliphatic heterocycles. The van der Waals surface area contributed by atoms with E-state index in [1.165, 1.54) is 0 Å². The molecule has 2 nitrogen and oxygen atoms in total. The molecule has 0 saturated carbocycles. The van der Waals surface area contributed by atoms with Crippen LogP contribution in [0, 0.1) is 0 Å². The average Bonchev–Trinajstić information content (AvgIpc) is 2.51. The van der Waals surface area contributed by atoms with Crippen LogP contribution in [-0.2, 0) is 4.74 Å². The van der Waals surface area contributed by atoms with Gasteiger partial charge in [0.1, 0.15) is 0 Å². The third kappa shape index (κ3) is 2.61. The second kappa shape index (κ2) is 5.05. The topological polar surface area (TPSA) is 12.5 Å². The zero-order valence-corrected chi connectivity index (χ0v) is 8.68. The van der Waals surface area contributed by atoms with E-state index in [9.17, 15) is 0 Å². The molecule has 0 aromatic carbocycles. The number of ether oxygens (including phenoxy) is 1. The smallest absolute Gasteiger partial charge is 0.0622 e. The minimum atomic E-state index is 0.579. The van der Waals surface area contributed by atoms with Gasteiger partial charge >= 0.3 is 0 Å². The highest BCUT2D eigenvalue weighted by molar-refractivity contribution is 6.18. The summed E-state index contributed by atoms with van der Waals surface area (Å²) in [4.78, 5) is 2.43. The van der Waals surface area contributed by atoms with Gasteiger partial charge in [-0.05, 0) is 20.3 Å². The molecule has 0 spiro atoms. The molecule has 0 amide bonds. The second-order valence-corrected chi connectivity index (χ2v) is 3.92. The Morgan fingerprint density at radius 1 is 1.58 bits per heavy atom. The fourth-order valence-electron chi connectivity index (χ4n) is 1.74. The zero-order chi connectivity index (χ0) is 8.97. The largest absolute Gasteiger partial charge is 0.380 e. The van der Waals surface area contributed by atoms with Gasteiger partial charge in [0.15, 0.2) is 0 Å². The highest BCUT2D eigenvalue weighted by Crippen LogP contribution is 2.14.